The number of hydrogen-bond donors (Lipinski definition) is 0. The number of rotatable bonds is 14. The Labute approximate surface area is 323 Å². The van der Waals surface area contributed by atoms with E-state index in [4.69, 9.17) is 31.9 Å². The Balaban J connectivity index is 1.09. The van der Waals surface area contributed by atoms with E-state index in [0.717, 1.165) is 64.9 Å². The van der Waals surface area contributed by atoms with Crippen molar-refractivity contribution in [2.45, 2.75) is 103 Å². The molecule has 9 heteroatoms. The zero-order valence-corrected chi connectivity index (χ0v) is 32.6. The Bertz CT molecular complexity index is 2090. The van der Waals surface area contributed by atoms with Crippen molar-refractivity contribution < 1.29 is 31.9 Å². The Kier molecular flexibility index (Phi) is 10.3. The molecule has 2 aliphatic heterocycles. The number of nitrogens with zero attached hydrogens (tertiary/aromatic N) is 2. The lowest BCUT2D eigenvalue weighted by molar-refractivity contribution is -0.147. The van der Waals surface area contributed by atoms with Crippen molar-refractivity contribution >= 4 is 0 Å². The molecular weight excluding hydrogens is 693 g/mol. The van der Waals surface area contributed by atoms with Crippen LogP contribution in [0.5, 0.6) is 11.5 Å². The first-order chi connectivity index (χ1) is 26.7. The molecule has 6 aromatic rings. The largest absolute Gasteiger partial charge is 0.467 e. The molecule has 2 aliphatic rings. The minimum atomic E-state index is -0.482. The van der Waals surface area contributed by atoms with Gasteiger partial charge < -0.3 is 31.9 Å². The highest BCUT2D eigenvalue weighted by molar-refractivity contribution is 5.44. The molecule has 0 fully saturated rings. The number of para-hydroxylation sites is 2. The van der Waals surface area contributed by atoms with Crippen molar-refractivity contribution in [3.63, 3.8) is 0 Å². The maximum Gasteiger partial charge on any atom is 0.212 e. The number of ether oxygens (including phenoxy) is 3. The summed E-state index contributed by atoms with van der Waals surface area (Å²) in [6.45, 7) is 14.1. The lowest BCUT2D eigenvalue weighted by atomic mass is 9.79. The van der Waals surface area contributed by atoms with E-state index < -0.39 is 23.6 Å². The second-order valence-corrected chi connectivity index (χ2v) is 15.5. The molecule has 8 atom stereocenters. The van der Waals surface area contributed by atoms with Crippen LogP contribution in [-0.2, 0) is 4.74 Å². The van der Waals surface area contributed by atoms with E-state index in [1.165, 1.54) is 0 Å². The first kappa shape index (κ1) is 37.0. The average molecular weight is 745 g/mol. The first-order valence-electron chi connectivity index (χ1n) is 19.6. The van der Waals surface area contributed by atoms with Crippen LogP contribution in [0.25, 0.3) is 0 Å². The lowest BCUT2D eigenvalue weighted by Gasteiger charge is -2.53. The molecule has 8 unspecified atom stereocenters. The summed E-state index contributed by atoms with van der Waals surface area (Å²) >= 11 is 0. The van der Waals surface area contributed by atoms with Crippen LogP contribution in [0, 0.1) is 5.92 Å². The van der Waals surface area contributed by atoms with E-state index in [0.29, 0.717) is 6.61 Å². The molecule has 0 amide bonds. The minimum Gasteiger partial charge on any atom is -0.467 e. The van der Waals surface area contributed by atoms with E-state index in [1.54, 1.807) is 25.1 Å². The Morgan fingerprint density at radius 2 is 1.09 bits per heavy atom. The molecule has 288 valence electrons. The minimum absolute atomic E-state index is 0.00460. The lowest BCUT2D eigenvalue weighted by Crippen LogP contribution is -2.57. The van der Waals surface area contributed by atoms with Gasteiger partial charge in [0.25, 0.3) is 0 Å². The van der Waals surface area contributed by atoms with Gasteiger partial charge in [-0.3, -0.25) is 0 Å². The zero-order valence-electron chi connectivity index (χ0n) is 32.6. The van der Waals surface area contributed by atoms with Gasteiger partial charge in [-0.2, -0.15) is 0 Å². The van der Waals surface area contributed by atoms with Crippen LogP contribution in [0.2, 0.25) is 0 Å². The summed E-state index contributed by atoms with van der Waals surface area (Å²) in [5.74, 6) is 4.91. The third kappa shape index (κ3) is 6.83. The van der Waals surface area contributed by atoms with Gasteiger partial charge in [-0.1, -0.05) is 57.2 Å². The fraction of sp³-hybridized carbons (Fsp3) is 0.391. The molecule has 0 N–H and O–H groups in total. The molecule has 4 aromatic heterocycles. The van der Waals surface area contributed by atoms with E-state index >= 15 is 0 Å². The van der Waals surface area contributed by atoms with Gasteiger partial charge in [0.1, 0.15) is 35.1 Å². The Morgan fingerprint density at radius 3 is 1.62 bits per heavy atom. The van der Waals surface area contributed by atoms with Crippen molar-refractivity contribution in [3.05, 3.63) is 156 Å². The summed E-state index contributed by atoms with van der Waals surface area (Å²) in [6, 6.07) is 31.8. The molecule has 0 saturated carbocycles. The van der Waals surface area contributed by atoms with Crippen LogP contribution in [-0.4, -0.2) is 33.6 Å². The molecule has 0 spiro atoms. The second kappa shape index (κ2) is 15.3. The van der Waals surface area contributed by atoms with E-state index in [2.05, 4.69) is 81.7 Å². The fourth-order valence-electron chi connectivity index (χ4n) is 8.69. The molecule has 8 rings (SSSR count). The quantitative estimate of drug-likeness (QED) is 0.108. The highest BCUT2D eigenvalue weighted by atomic mass is 16.5. The van der Waals surface area contributed by atoms with Gasteiger partial charge in [0.05, 0.1) is 37.3 Å². The van der Waals surface area contributed by atoms with Crippen molar-refractivity contribution in [1.29, 1.82) is 0 Å². The van der Waals surface area contributed by atoms with Gasteiger partial charge in [0.2, 0.25) is 12.5 Å². The summed E-state index contributed by atoms with van der Waals surface area (Å²) in [7, 11) is 0. The SMILES string of the molecule is CCC(C)(CC(C)N1C(c2ccco2)Oc2ccccc2C1c1ccco1)OCC(C)C(C)(CC)N1C(c2ccco2)Oc2ccccc2C1c1ccco1. The van der Waals surface area contributed by atoms with Gasteiger partial charge in [-0.05, 0) is 107 Å². The summed E-state index contributed by atoms with van der Waals surface area (Å²) in [5.41, 5.74) is 1.23. The van der Waals surface area contributed by atoms with Crippen LogP contribution in [0.3, 0.4) is 0 Å². The van der Waals surface area contributed by atoms with Crippen molar-refractivity contribution in [1.82, 2.24) is 9.80 Å². The molecular formula is C46H52N2O7. The number of benzene rings is 2. The van der Waals surface area contributed by atoms with Gasteiger partial charge in [0, 0.05) is 22.7 Å². The van der Waals surface area contributed by atoms with Crippen molar-refractivity contribution in [2.24, 2.45) is 5.92 Å². The molecule has 9 nitrogen and oxygen atoms in total. The second-order valence-electron chi connectivity index (χ2n) is 15.5. The third-order valence-electron chi connectivity index (χ3n) is 12.2. The summed E-state index contributed by atoms with van der Waals surface area (Å²) in [6.07, 6.45) is 8.34. The molecule has 55 heavy (non-hydrogen) atoms. The Hall–Kier alpha value is -4.96. The molecule has 0 saturated heterocycles. The monoisotopic (exact) mass is 744 g/mol. The zero-order chi connectivity index (χ0) is 38.2. The predicted molar refractivity (Wildman–Crippen MR) is 208 cm³/mol. The third-order valence-corrected chi connectivity index (χ3v) is 12.2. The molecule has 2 aromatic carbocycles. The standard InChI is InChI=1S/C46H52N2O7/c1-7-45(5,29-32(4)47-41(37-21-13-25-49-37)33-17-9-11-19-35(33)54-43(47)39-23-15-27-51-39)53-30-31(3)46(6,8-2)48-42(38-22-14-26-50-38)34-18-10-12-20-36(34)55-44(48)40-24-16-28-52-40/h9-28,31-32,41-44H,7-8,29-30H2,1-6H3. The van der Waals surface area contributed by atoms with Crippen LogP contribution < -0.4 is 9.47 Å². The Morgan fingerprint density at radius 1 is 0.600 bits per heavy atom. The number of fused-ring (bicyclic) bond motifs is 2. The average Bonchev–Trinajstić information content (AvgIpc) is 4.07. The topological polar surface area (TPSA) is 86.7 Å². The van der Waals surface area contributed by atoms with Crippen LogP contribution >= 0.6 is 0 Å². The normalized spacial score (nSPS) is 23.4. The number of hydrogen-bond acceptors (Lipinski definition) is 9. The van der Waals surface area contributed by atoms with E-state index in [9.17, 15) is 0 Å². The van der Waals surface area contributed by atoms with Crippen LogP contribution in [0.1, 0.15) is 120 Å². The summed E-state index contributed by atoms with van der Waals surface area (Å²) in [4.78, 5) is 4.82. The van der Waals surface area contributed by atoms with E-state index in [-0.39, 0.29) is 24.0 Å². The summed E-state index contributed by atoms with van der Waals surface area (Å²) in [5, 5.41) is 0. The van der Waals surface area contributed by atoms with Crippen molar-refractivity contribution in [2.75, 3.05) is 6.61 Å². The fourth-order valence-corrected chi connectivity index (χ4v) is 8.69. The van der Waals surface area contributed by atoms with Crippen LogP contribution in [0.15, 0.2) is 140 Å². The van der Waals surface area contributed by atoms with Crippen molar-refractivity contribution in [3.8, 4) is 11.5 Å². The summed E-state index contributed by atoms with van der Waals surface area (Å²) < 4.78 is 45.1. The van der Waals surface area contributed by atoms with Crippen LogP contribution in [0.4, 0.5) is 0 Å². The highest BCUT2D eigenvalue weighted by Gasteiger charge is 2.51. The molecule has 0 bridgehead atoms. The first-order valence-corrected chi connectivity index (χ1v) is 19.6. The van der Waals surface area contributed by atoms with Gasteiger partial charge in [-0.15, -0.1) is 0 Å². The molecule has 6 heterocycles. The highest BCUT2D eigenvalue weighted by Crippen LogP contribution is 2.52. The maximum atomic E-state index is 7.15. The smallest absolute Gasteiger partial charge is 0.212 e. The molecule has 0 aliphatic carbocycles. The van der Waals surface area contributed by atoms with Gasteiger partial charge >= 0.3 is 0 Å². The van der Waals surface area contributed by atoms with E-state index in [1.807, 2.05) is 66.7 Å². The maximum absolute atomic E-state index is 7.15. The molecule has 0 radical (unpaired) electrons. The number of furan rings is 4. The van der Waals surface area contributed by atoms with Gasteiger partial charge in [-0.25, -0.2) is 9.80 Å². The van der Waals surface area contributed by atoms with Gasteiger partial charge in [0.15, 0.2) is 11.5 Å². The predicted octanol–water partition coefficient (Wildman–Crippen LogP) is 11.5.